The van der Waals surface area contributed by atoms with Crippen molar-refractivity contribution >= 4 is 0 Å². The van der Waals surface area contributed by atoms with Crippen LogP contribution in [-0.4, -0.2) is 32.5 Å². The number of rotatable bonds is 6. The summed E-state index contributed by atoms with van der Waals surface area (Å²) >= 11 is 0. The lowest BCUT2D eigenvalue weighted by Gasteiger charge is -2.34. The second kappa shape index (κ2) is 6.38. The van der Waals surface area contributed by atoms with Gasteiger partial charge in [0.1, 0.15) is 0 Å². The van der Waals surface area contributed by atoms with Gasteiger partial charge in [0.15, 0.2) is 0 Å². The molecule has 0 aromatic heterocycles. The van der Waals surface area contributed by atoms with Gasteiger partial charge < -0.3 is 15.2 Å². The van der Waals surface area contributed by atoms with Crippen LogP contribution in [0, 0.1) is 5.41 Å². The van der Waals surface area contributed by atoms with Crippen LogP contribution in [0.3, 0.4) is 0 Å². The van der Waals surface area contributed by atoms with Gasteiger partial charge in [0.25, 0.3) is 0 Å². The van der Waals surface area contributed by atoms with Gasteiger partial charge in [-0.2, -0.15) is 0 Å². The van der Waals surface area contributed by atoms with Crippen molar-refractivity contribution in [2.24, 2.45) is 11.1 Å². The van der Waals surface area contributed by atoms with E-state index in [0.29, 0.717) is 13.2 Å². The Morgan fingerprint density at radius 1 is 1.21 bits per heavy atom. The Morgan fingerprint density at radius 3 is 2.14 bits per heavy atom. The summed E-state index contributed by atoms with van der Waals surface area (Å²) in [5.74, 6) is 0. The van der Waals surface area contributed by atoms with E-state index in [0.717, 1.165) is 6.42 Å². The highest BCUT2D eigenvalue weighted by molar-refractivity contribution is 4.83. The maximum atomic E-state index is 6.02. The molecule has 0 aliphatic rings. The van der Waals surface area contributed by atoms with Crippen molar-refractivity contribution < 1.29 is 9.47 Å². The molecule has 86 valence electrons. The molecule has 14 heavy (non-hydrogen) atoms. The predicted molar refractivity (Wildman–Crippen MR) is 59.3 cm³/mol. The average molecular weight is 203 g/mol. The van der Waals surface area contributed by atoms with Gasteiger partial charge in [-0.25, -0.2) is 0 Å². The van der Waals surface area contributed by atoms with Gasteiger partial charge in [0, 0.05) is 13.2 Å². The fourth-order valence-electron chi connectivity index (χ4n) is 1.49. The topological polar surface area (TPSA) is 44.5 Å². The number of hydrogen-bond donors (Lipinski definition) is 1. The molecule has 0 aromatic rings. The highest BCUT2D eigenvalue weighted by Crippen LogP contribution is 2.25. The first-order chi connectivity index (χ1) is 6.43. The van der Waals surface area contributed by atoms with E-state index in [1.54, 1.807) is 7.11 Å². The summed E-state index contributed by atoms with van der Waals surface area (Å²) in [6.07, 6.45) is 1.04. The van der Waals surface area contributed by atoms with Crippen LogP contribution in [0.4, 0.5) is 0 Å². The standard InChI is InChI=1S/C11H25NO2/c1-6-9(12)10(11(2,3)4)14-8-7-13-5/h9-10H,6-8,12H2,1-5H3. The second-order valence-electron chi connectivity index (χ2n) is 4.72. The number of methoxy groups -OCH3 is 1. The molecule has 0 aliphatic carbocycles. The summed E-state index contributed by atoms with van der Waals surface area (Å²) < 4.78 is 10.7. The fraction of sp³-hybridized carbons (Fsp3) is 1.00. The number of ether oxygens (including phenoxy) is 2. The van der Waals surface area contributed by atoms with Gasteiger partial charge in [0.05, 0.1) is 19.3 Å². The van der Waals surface area contributed by atoms with Gasteiger partial charge >= 0.3 is 0 Å². The summed E-state index contributed by atoms with van der Waals surface area (Å²) in [5.41, 5.74) is 6.11. The van der Waals surface area contributed by atoms with E-state index >= 15 is 0 Å². The molecule has 0 heterocycles. The van der Waals surface area contributed by atoms with Crippen LogP contribution in [-0.2, 0) is 9.47 Å². The highest BCUT2D eigenvalue weighted by atomic mass is 16.5. The summed E-state index contributed by atoms with van der Waals surface area (Å²) in [6, 6.07) is 0.104. The number of hydrogen-bond acceptors (Lipinski definition) is 3. The first-order valence-corrected chi connectivity index (χ1v) is 5.29. The van der Waals surface area contributed by atoms with Gasteiger partial charge in [-0.15, -0.1) is 0 Å². The van der Waals surface area contributed by atoms with E-state index in [9.17, 15) is 0 Å². The first-order valence-electron chi connectivity index (χ1n) is 5.29. The lowest BCUT2D eigenvalue weighted by atomic mass is 9.84. The second-order valence-corrected chi connectivity index (χ2v) is 4.72. The molecule has 0 radical (unpaired) electrons. The van der Waals surface area contributed by atoms with Gasteiger partial charge in [0.2, 0.25) is 0 Å². The summed E-state index contributed by atoms with van der Waals surface area (Å²) in [7, 11) is 1.68. The maximum Gasteiger partial charge on any atom is 0.0775 e. The molecule has 3 heteroatoms. The monoisotopic (exact) mass is 203 g/mol. The Balaban J connectivity index is 4.12. The van der Waals surface area contributed by atoms with Crippen molar-refractivity contribution in [3.05, 3.63) is 0 Å². The molecule has 0 bridgehead atoms. The van der Waals surface area contributed by atoms with E-state index < -0.39 is 0 Å². The third-order valence-corrected chi connectivity index (χ3v) is 2.30. The minimum atomic E-state index is 0.0865. The molecule has 0 aromatic carbocycles. The molecule has 0 fully saturated rings. The Hall–Kier alpha value is -0.120. The molecule has 0 saturated carbocycles. The Labute approximate surface area is 88.0 Å². The molecular formula is C11H25NO2. The quantitative estimate of drug-likeness (QED) is 0.669. The van der Waals surface area contributed by atoms with Crippen molar-refractivity contribution in [2.45, 2.75) is 46.3 Å². The Morgan fingerprint density at radius 2 is 1.79 bits per heavy atom. The zero-order valence-corrected chi connectivity index (χ0v) is 10.2. The van der Waals surface area contributed by atoms with Gasteiger partial charge in [-0.1, -0.05) is 27.7 Å². The fourth-order valence-corrected chi connectivity index (χ4v) is 1.49. The van der Waals surface area contributed by atoms with Crippen LogP contribution < -0.4 is 5.73 Å². The van der Waals surface area contributed by atoms with Crippen molar-refractivity contribution in [3.8, 4) is 0 Å². The highest BCUT2D eigenvalue weighted by Gasteiger charge is 2.29. The zero-order valence-electron chi connectivity index (χ0n) is 10.2. The molecular weight excluding hydrogens is 178 g/mol. The molecule has 0 rings (SSSR count). The van der Waals surface area contributed by atoms with Crippen molar-refractivity contribution in [3.63, 3.8) is 0 Å². The van der Waals surface area contributed by atoms with Crippen molar-refractivity contribution in [1.29, 1.82) is 0 Å². The normalized spacial score (nSPS) is 16.7. The third kappa shape index (κ3) is 4.94. The summed E-state index contributed by atoms with van der Waals surface area (Å²) in [4.78, 5) is 0. The lowest BCUT2D eigenvalue weighted by Crippen LogP contribution is -2.45. The minimum Gasteiger partial charge on any atom is -0.382 e. The minimum absolute atomic E-state index is 0.0865. The molecule has 0 spiro atoms. The largest absolute Gasteiger partial charge is 0.382 e. The SMILES string of the molecule is CCC(N)C(OCCOC)C(C)(C)C. The number of nitrogens with two attached hydrogens (primary N) is 1. The van der Waals surface area contributed by atoms with Crippen LogP contribution in [0.1, 0.15) is 34.1 Å². The van der Waals surface area contributed by atoms with Crippen molar-refractivity contribution in [2.75, 3.05) is 20.3 Å². The lowest BCUT2D eigenvalue weighted by molar-refractivity contribution is -0.0507. The van der Waals surface area contributed by atoms with E-state index in [4.69, 9.17) is 15.2 Å². The summed E-state index contributed by atoms with van der Waals surface area (Å²) in [5, 5.41) is 0. The van der Waals surface area contributed by atoms with Gasteiger partial charge in [-0.3, -0.25) is 0 Å². The molecule has 3 nitrogen and oxygen atoms in total. The van der Waals surface area contributed by atoms with Crippen LogP contribution in [0.2, 0.25) is 0 Å². The predicted octanol–water partition coefficient (Wildman–Crippen LogP) is 1.80. The Bertz CT molecular complexity index is 143. The van der Waals surface area contributed by atoms with Crippen LogP contribution in [0.15, 0.2) is 0 Å². The third-order valence-electron chi connectivity index (χ3n) is 2.30. The van der Waals surface area contributed by atoms with Crippen LogP contribution in [0.25, 0.3) is 0 Å². The molecule has 0 saturated heterocycles. The van der Waals surface area contributed by atoms with E-state index in [-0.39, 0.29) is 17.6 Å². The van der Waals surface area contributed by atoms with Crippen molar-refractivity contribution in [1.82, 2.24) is 0 Å². The first kappa shape index (κ1) is 13.9. The molecule has 0 amide bonds. The molecule has 2 N–H and O–H groups in total. The molecule has 0 aliphatic heterocycles. The summed E-state index contributed by atoms with van der Waals surface area (Å²) in [6.45, 7) is 9.79. The molecule has 2 atom stereocenters. The van der Waals surface area contributed by atoms with Crippen LogP contribution >= 0.6 is 0 Å². The van der Waals surface area contributed by atoms with E-state index in [1.165, 1.54) is 0 Å². The Kier molecular flexibility index (Phi) is 6.33. The van der Waals surface area contributed by atoms with E-state index in [1.807, 2.05) is 0 Å². The molecule has 2 unspecified atom stereocenters. The van der Waals surface area contributed by atoms with Crippen LogP contribution in [0.5, 0.6) is 0 Å². The zero-order chi connectivity index (χ0) is 11.2. The maximum absolute atomic E-state index is 6.02. The van der Waals surface area contributed by atoms with Gasteiger partial charge in [-0.05, 0) is 11.8 Å². The van der Waals surface area contributed by atoms with E-state index in [2.05, 4.69) is 27.7 Å². The smallest absolute Gasteiger partial charge is 0.0775 e. The average Bonchev–Trinajstić information content (AvgIpc) is 2.09.